The summed E-state index contributed by atoms with van der Waals surface area (Å²) in [4.78, 5) is 0. The maximum absolute atomic E-state index is 8.58. The van der Waals surface area contributed by atoms with E-state index in [4.69, 9.17) is 30.6 Å². The minimum atomic E-state index is -1.34. The predicted molar refractivity (Wildman–Crippen MR) is 134 cm³/mol. The molecule has 0 radical (unpaired) electrons. The van der Waals surface area contributed by atoms with Crippen LogP contribution in [-0.2, 0) is 58.4 Å². The SMILES string of the molecule is O.O.OC(O)c1ccccc1.OC(O)c1ccccc1.OC(O)c1ccccc1.[CH3-].[CH3-].[CH3-].[CH3-].[Zn].[Zn].[Zn]. The van der Waals surface area contributed by atoms with Crippen molar-refractivity contribution in [2.75, 3.05) is 0 Å². The molecule has 0 aromatic heterocycles. The molecule has 8 nitrogen and oxygen atoms in total. The van der Waals surface area contributed by atoms with E-state index in [1.807, 2.05) is 18.2 Å². The first-order chi connectivity index (χ1) is 12.9. The zero-order valence-electron chi connectivity index (χ0n) is 21.7. The van der Waals surface area contributed by atoms with Gasteiger partial charge >= 0.3 is 0 Å². The molecule has 0 aliphatic heterocycles. The van der Waals surface area contributed by atoms with Crippen LogP contribution in [-0.4, -0.2) is 41.6 Å². The maximum Gasteiger partial charge on any atom is 0.178 e. The van der Waals surface area contributed by atoms with Gasteiger partial charge in [-0.05, 0) is 0 Å². The summed E-state index contributed by atoms with van der Waals surface area (Å²) in [5, 5.41) is 51.5. The van der Waals surface area contributed by atoms with Crippen LogP contribution in [0.5, 0.6) is 0 Å². The molecule has 0 heterocycles. The zero-order chi connectivity index (χ0) is 20.1. The second-order valence-electron chi connectivity index (χ2n) is 5.35. The first-order valence-corrected chi connectivity index (χ1v) is 8.15. The first kappa shape index (κ1) is 60.0. The van der Waals surface area contributed by atoms with Crippen LogP contribution in [0, 0.1) is 29.7 Å². The molecule has 10 N–H and O–H groups in total. The van der Waals surface area contributed by atoms with Gasteiger partial charge in [-0.3, -0.25) is 0 Å². The molecular formula is C25H40O8Zn3-4. The molecular weight excluding hydrogens is 624 g/mol. The van der Waals surface area contributed by atoms with Crippen molar-refractivity contribution in [1.82, 2.24) is 0 Å². The molecule has 0 aliphatic rings. The molecule has 11 heteroatoms. The Labute approximate surface area is 255 Å². The Morgan fingerprint density at radius 2 is 0.472 bits per heavy atom. The van der Waals surface area contributed by atoms with Gasteiger partial charge in [-0.1, -0.05) is 91.0 Å². The topological polar surface area (TPSA) is 184 Å². The van der Waals surface area contributed by atoms with E-state index < -0.39 is 18.9 Å². The third-order valence-electron chi connectivity index (χ3n) is 3.29. The van der Waals surface area contributed by atoms with Gasteiger partial charge in [0.2, 0.25) is 0 Å². The minimum absolute atomic E-state index is 0. The van der Waals surface area contributed by atoms with Crippen molar-refractivity contribution in [3.63, 3.8) is 0 Å². The van der Waals surface area contributed by atoms with Crippen molar-refractivity contribution in [2.24, 2.45) is 0 Å². The summed E-state index contributed by atoms with van der Waals surface area (Å²) in [6, 6.07) is 26.0. The Hall–Kier alpha value is -0.790. The molecule has 0 spiro atoms. The van der Waals surface area contributed by atoms with Crippen LogP contribution in [0.1, 0.15) is 35.6 Å². The van der Waals surface area contributed by atoms with E-state index in [0.29, 0.717) is 16.7 Å². The fourth-order valence-corrected chi connectivity index (χ4v) is 1.88. The molecule has 0 aliphatic carbocycles. The zero-order valence-corrected chi connectivity index (χ0v) is 30.6. The van der Waals surface area contributed by atoms with Crippen molar-refractivity contribution in [3.05, 3.63) is 137 Å². The fourth-order valence-electron chi connectivity index (χ4n) is 1.88. The van der Waals surface area contributed by atoms with E-state index in [9.17, 15) is 0 Å². The standard InChI is InChI=1S/3C7H8O2.4CH3.2H2O.3Zn/c3*8-7(9)6-4-2-1-3-5-6;;;;;;;;;/h3*1-5,7-9H;4*1H3;2*1H2;;;/q;;;4*-1;;;;;. The molecule has 36 heavy (non-hydrogen) atoms. The third kappa shape index (κ3) is 27.8. The summed E-state index contributed by atoms with van der Waals surface area (Å²) in [6.07, 6.45) is -4.02. The van der Waals surface area contributed by atoms with Crippen LogP contribution in [0.25, 0.3) is 0 Å². The van der Waals surface area contributed by atoms with Crippen LogP contribution in [0.2, 0.25) is 0 Å². The second kappa shape index (κ2) is 36.4. The van der Waals surface area contributed by atoms with Crippen LogP contribution >= 0.6 is 0 Å². The number of hydrogen-bond donors (Lipinski definition) is 6. The van der Waals surface area contributed by atoms with Gasteiger partial charge in [-0.2, -0.15) is 0 Å². The Morgan fingerprint density at radius 1 is 0.333 bits per heavy atom. The number of hydrogen-bond acceptors (Lipinski definition) is 6. The predicted octanol–water partition coefficient (Wildman–Crippen LogP) is 2.15. The van der Waals surface area contributed by atoms with E-state index in [1.165, 1.54) is 0 Å². The van der Waals surface area contributed by atoms with Gasteiger partial charge in [0.05, 0.1) is 0 Å². The van der Waals surface area contributed by atoms with Crippen molar-refractivity contribution >= 4 is 0 Å². The quantitative estimate of drug-likeness (QED) is 0.142. The number of aliphatic hydroxyl groups excluding tert-OH is 3. The molecule has 198 valence electrons. The van der Waals surface area contributed by atoms with Crippen molar-refractivity contribution in [2.45, 2.75) is 18.9 Å². The molecule has 0 saturated carbocycles. The summed E-state index contributed by atoms with van der Waals surface area (Å²) in [5.74, 6) is 0. The van der Waals surface area contributed by atoms with E-state index in [2.05, 4.69) is 0 Å². The van der Waals surface area contributed by atoms with Crippen molar-refractivity contribution < 1.29 is 100 Å². The van der Waals surface area contributed by atoms with E-state index in [0.717, 1.165) is 0 Å². The Morgan fingerprint density at radius 3 is 0.556 bits per heavy atom. The summed E-state index contributed by atoms with van der Waals surface area (Å²) < 4.78 is 0. The summed E-state index contributed by atoms with van der Waals surface area (Å²) in [6.45, 7) is 0. The molecule has 0 saturated heterocycles. The van der Waals surface area contributed by atoms with E-state index >= 15 is 0 Å². The summed E-state index contributed by atoms with van der Waals surface area (Å²) in [5.41, 5.74) is 1.58. The minimum Gasteiger partial charge on any atom is -0.412 e. The van der Waals surface area contributed by atoms with Gasteiger partial charge in [0.25, 0.3) is 0 Å². The maximum atomic E-state index is 8.58. The Bertz CT molecular complexity index is 633. The first-order valence-electron chi connectivity index (χ1n) is 8.15. The number of rotatable bonds is 3. The smallest absolute Gasteiger partial charge is 0.178 e. The van der Waals surface area contributed by atoms with Crippen LogP contribution in [0.4, 0.5) is 0 Å². The molecule has 0 atom stereocenters. The van der Waals surface area contributed by atoms with Gasteiger partial charge < -0.3 is 71.3 Å². The normalized spacial score (nSPS) is 7.58. The van der Waals surface area contributed by atoms with E-state index in [1.54, 1.807) is 72.8 Å². The van der Waals surface area contributed by atoms with Crippen LogP contribution < -0.4 is 0 Å². The number of aliphatic hydroxyl groups is 6. The van der Waals surface area contributed by atoms with Crippen LogP contribution in [0.15, 0.2) is 91.0 Å². The van der Waals surface area contributed by atoms with Crippen LogP contribution in [0.3, 0.4) is 0 Å². The number of benzene rings is 3. The third-order valence-corrected chi connectivity index (χ3v) is 3.29. The van der Waals surface area contributed by atoms with Gasteiger partial charge in [0.1, 0.15) is 0 Å². The average molecular weight is 665 g/mol. The monoisotopic (exact) mass is 660 g/mol. The fraction of sp³-hybridized carbons (Fsp3) is 0.120. The molecule has 0 amide bonds. The van der Waals surface area contributed by atoms with E-state index in [-0.39, 0.29) is 99.1 Å². The average Bonchev–Trinajstić information content (AvgIpc) is 2.71. The molecule has 3 rings (SSSR count). The van der Waals surface area contributed by atoms with Crippen molar-refractivity contribution in [3.8, 4) is 0 Å². The van der Waals surface area contributed by atoms with Gasteiger partial charge in [-0.25, -0.2) is 0 Å². The van der Waals surface area contributed by atoms with Gasteiger partial charge in [-0.15, -0.1) is 0 Å². The molecule has 0 fully saturated rings. The van der Waals surface area contributed by atoms with Gasteiger partial charge in [0, 0.05) is 75.1 Å². The Balaban J connectivity index is -0.0000000386. The Kier molecular flexibility index (Phi) is 60.6. The molecule has 0 bridgehead atoms. The largest absolute Gasteiger partial charge is 0.412 e. The molecule has 3 aromatic rings. The molecule has 0 unspecified atom stereocenters. The van der Waals surface area contributed by atoms with Crippen molar-refractivity contribution in [1.29, 1.82) is 0 Å². The summed E-state index contributed by atoms with van der Waals surface area (Å²) in [7, 11) is 0. The summed E-state index contributed by atoms with van der Waals surface area (Å²) >= 11 is 0. The van der Waals surface area contributed by atoms with Gasteiger partial charge in [0.15, 0.2) is 18.9 Å². The second-order valence-corrected chi connectivity index (χ2v) is 5.35. The molecule has 3 aromatic carbocycles.